The Hall–Kier alpha value is -0.870. The number of nitrogens with one attached hydrogen (secondary N) is 2. The van der Waals surface area contributed by atoms with Gasteiger partial charge in [0.2, 0.25) is 0 Å². The van der Waals surface area contributed by atoms with Crippen LogP contribution in [-0.2, 0) is 0 Å². The Morgan fingerprint density at radius 3 is 2.81 bits per heavy atom. The Bertz CT molecular complexity index is 413. The molecule has 2 aliphatic rings. The van der Waals surface area contributed by atoms with Crippen molar-refractivity contribution in [1.29, 1.82) is 0 Å². The second-order valence-electron chi connectivity index (χ2n) is 4.30. The standard InChI is InChI=1S/C12H14BrN3/c13-9-3-1-8(2-4-9)12-15-10-5-6-14-7-11(10)16-12/h1-4,10-11,14H,5-7H2,(H,15,16). The van der Waals surface area contributed by atoms with E-state index in [-0.39, 0.29) is 0 Å². The Morgan fingerprint density at radius 1 is 1.25 bits per heavy atom. The zero-order valence-electron chi connectivity index (χ0n) is 8.91. The molecule has 3 nitrogen and oxygen atoms in total. The summed E-state index contributed by atoms with van der Waals surface area (Å²) < 4.78 is 1.11. The molecule has 1 fully saturated rings. The third kappa shape index (κ3) is 1.87. The first-order chi connectivity index (χ1) is 7.83. The predicted octanol–water partition coefficient (Wildman–Crippen LogP) is 1.53. The van der Waals surface area contributed by atoms with Crippen LogP contribution in [0.1, 0.15) is 12.0 Å². The van der Waals surface area contributed by atoms with Gasteiger partial charge in [-0.05, 0) is 25.1 Å². The van der Waals surface area contributed by atoms with Crippen molar-refractivity contribution in [2.24, 2.45) is 4.99 Å². The zero-order chi connectivity index (χ0) is 11.0. The highest BCUT2D eigenvalue weighted by Crippen LogP contribution is 2.18. The minimum absolute atomic E-state index is 0.458. The maximum absolute atomic E-state index is 4.76. The summed E-state index contributed by atoms with van der Waals surface area (Å²) in [5.74, 6) is 1.05. The molecule has 2 N–H and O–H groups in total. The van der Waals surface area contributed by atoms with Crippen LogP contribution in [0, 0.1) is 0 Å². The Balaban J connectivity index is 1.83. The van der Waals surface area contributed by atoms with Gasteiger partial charge in [0.25, 0.3) is 0 Å². The molecule has 0 radical (unpaired) electrons. The summed E-state index contributed by atoms with van der Waals surface area (Å²) in [7, 11) is 0. The fourth-order valence-electron chi connectivity index (χ4n) is 2.29. The molecule has 84 valence electrons. The van der Waals surface area contributed by atoms with Crippen molar-refractivity contribution in [3.63, 3.8) is 0 Å². The number of piperidine rings is 1. The molecule has 0 saturated carbocycles. The molecule has 1 aromatic rings. The van der Waals surface area contributed by atoms with Crippen molar-refractivity contribution in [1.82, 2.24) is 10.6 Å². The highest BCUT2D eigenvalue weighted by Gasteiger charge is 2.30. The molecular weight excluding hydrogens is 266 g/mol. The molecule has 0 aliphatic carbocycles. The summed E-state index contributed by atoms with van der Waals surface area (Å²) in [6.07, 6.45) is 1.14. The summed E-state index contributed by atoms with van der Waals surface area (Å²) in [6.45, 7) is 2.11. The van der Waals surface area contributed by atoms with Gasteiger partial charge in [-0.25, -0.2) is 0 Å². The largest absolute Gasteiger partial charge is 0.364 e. The number of halogens is 1. The molecule has 2 unspecified atom stereocenters. The van der Waals surface area contributed by atoms with Crippen molar-refractivity contribution in [3.8, 4) is 0 Å². The summed E-state index contributed by atoms with van der Waals surface area (Å²) >= 11 is 3.44. The van der Waals surface area contributed by atoms with Gasteiger partial charge in [0, 0.05) is 16.6 Å². The second-order valence-corrected chi connectivity index (χ2v) is 5.21. The van der Waals surface area contributed by atoms with Crippen molar-refractivity contribution < 1.29 is 0 Å². The first-order valence-electron chi connectivity index (χ1n) is 5.64. The summed E-state index contributed by atoms with van der Waals surface area (Å²) in [5.41, 5.74) is 1.18. The lowest BCUT2D eigenvalue weighted by Gasteiger charge is -2.24. The van der Waals surface area contributed by atoms with Crippen LogP contribution in [-0.4, -0.2) is 31.0 Å². The van der Waals surface area contributed by atoms with E-state index in [0.29, 0.717) is 12.1 Å². The number of hydrogen-bond donors (Lipinski definition) is 2. The Kier molecular flexibility index (Phi) is 2.69. The Labute approximate surface area is 103 Å². The molecule has 2 aliphatic heterocycles. The lowest BCUT2D eigenvalue weighted by atomic mass is 10.0. The van der Waals surface area contributed by atoms with Crippen LogP contribution in [0.25, 0.3) is 0 Å². The van der Waals surface area contributed by atoms with Gasteiger partial charge >= 0.3 is 0 Å². The fraction of sp³-hybridized carbons (Fsp3) is 0.417. The van der Waals surface area contributed by atoms with Crippen molar-refractivity contribution in [2.75, 3.05) is 13.1 Å². The van der Waals surface area contributed by atoms with Gasteiger partial charge in [-0.15, -0.1) is 0 Å². The van der Waals surface area contributed by atoms with Crippen molar-refractivity contribution in [2.45, 2.75) is 18.5 Å². The van der Waals surface area contributed by atoms with Crippen LogP contribution in [0.5, 0.6) is 0 Å². The lowest BCUT2D eigenvalue weighted by Crippen LogP contribution is -2.48. The van der Waals surface area contributed by atoms with Gasteiger partial charge in [-0.1, -0.05) is 28.1 Å². The van der Waals surface area contributed by atoms with Crippen LogP contribution in [0.2, 0.25) is 0 Å². The van der Waals surface area contributed by atoms with Crippen LogP contribution in [0.4, 0.5) is 0 Å². The molecule has 3 rings (SSSR count). The zero-order valence-corrected chi connectivity index (χ0v) is 10.5. The van der Waals surface area contributed by atoms with E-state index in [0.717, 1.165) is 29.8 Å². The SMILES string of the molecule is Brc1ccc(C2=NC3CCNCC3N2)cc1. The minimum atomic E-state index is 0.458. The van der Waals surface area contributed by atoms with Gasteiger partial charge in [0.05, 0.1) is 12.1 Å². The molecular formula is C12H14BrN3. The first-order valence-corrected chi connectivity index (χ1v) is 6.43. The lowest BCUT2D eigenvalue weighted by molar-refractivity contribution is 0.402. The third-order valence-electron chi connectivity index (χ3n) is 3.18. The van der Waals surface area contributed by atoms with E-state index in [4.69, 9.17) is 4.99 Å². The van der Waals surface area contributed by atoms with E-state index in [1.54, 1.807) is 0 Å². The average molecular weight is 280 g/mol. The fourth-order valence-corrected chi connectivity index (χ4v) is 2.56. The third-order valence-corrected chi connectivity index (χ3v) is 3.71. The van der Waals surface area contributed by atoms with E-state index in [9.17, 15) is 0 Å². The predicted molar refractivity (Wildman–Crippen MR) is 68.9 cm³/mol. The Morgan fingerprint density at radius 2 is 2.06 bits per heavy atom. The van der Waals surface area contributed by atoms with E-state index >= 15 is 0 Å². The summed E-state index contributed by atoms with van der Waals surface area (Å²) in [5, 5.41) is 6.89. The van der Waals surface area contributed by atoms with E-state index in [2.05, 4.69) is 50.8 Å². The van der Waals surface area contributed by atoms with Gasteiger partial charge in [0.1, 0.15) is 5.84 Å². The molecule has 1 saturated heterocycles. The van der Waals surface area contributed by atoms with Gasteiger partial charge in [-0.3, -0.25) is 4.99 Å². The molecule has 0 spiro atoms. The molecule has 0 aromatic heterocycles. The van der Waals surface area contributed by atoms with E-state index in [1.807, 2.05) is 0 Å². The van der Waals surface area contributed by atoms with Gasteiger partial charge < -0.3 is 10.6 Å². The number of amidine groups is 1. The van der Waals surface area contributed by atoms with Crippen LogP contribution >= 0.6 is 15.9 Å². The van der Waals surface area contributed by atoms with Crippen molar-refractivity contribution >= 4 is 21.8 Å². The topological polar surface area (TPSA) is 36.4 Å². The maximum Gasteiger partial charge on any atom is 0.128 e. The number of aliphatic imine (C=N–C) groups is 1. The van der Waals surface area contributed by atoms with Crippen LogP contribution in [0.15, 0.2) is 33.7 Å². The highest BCUT2D eigenvalue weighted by atomic mass is 79.9. The number of nitrogens with zero attached hydrogens (tertiary/aromatic N) is 1. The smallest absolute Gasteiger partial charge is 0.128 e. The molecule has 4 heteroatoms. The first kappa shape index (κ1) is 10.3. The van der Waals surface area contributed by atoms with Crippen LogP contribution < -0.4 is 10.6 Å². The summed E-state index contributed by atoms with van der Waals surface area (Å²) in [6, 6.07) is 9.24. The maximum atomic E-state index is 4.76. The molecule has 16 heavy (non-hydrogen) atoms. The minimum Gasteiger partial charge on any atom is -0.364 e. The van der Waals surface area contributed by atoms with Gasteiger partial charge in [0.15, 0.2) is 0 Å². The highest BCUT2D eigenvalue weighted by molar-refractivity contribution is 9.10. The van der Waals surface area contributed by atoms with E-state index < -0.39 is 0 Å². The molecule has 2 heterocycles. The molecule has 1 aromatic carbocycles. The van der Waals surface area contributed by atoms with E-state index in [1.165, 1.54) is 5.56 Å². The van der Waals surface area contributed by atoms with Gasteiger partial charge in [-0.2, -0.15) is 0 Å². The number of hydrogen-bond acceptors (Lipinski definition) is 3. The normalized spacial score (nSPS) is 28.2. The van der Waals surface area contributed by atoms with Crippen LogP contribution in [0.3, 0.4) is 0 Å². The molecule has 0 bridgehead atoms. The number of fused-ring (bicyclic) bond motifs is 1. The number of rotatable bonds is 1. The number of benzene rings is 1. The quantitative estimate of drug-likeness (QED) is 0.818. The molecule has 2 atom stereocenters. The van der Waals surface area contributed by atoms with Crippen molar-refractivity contribution in [3.05, 3.63) is 34.3 Å². The summed E-state index contributed by atoms with van der Waals surface area (Å²) in [4.78, 5) is 4.76. The monoisotopic (exact) mass is 279 g/mol. The average Bonchev–Trinajstić information content (AvgIpc) is 2.73. The second kappa shape index (κ2) is 4.18. The molecule has 0 amide bonds.